The van der Waals surface area contributed by atoms with Gasteiger partial charge in [0.25, 0.3) is 0 Å². The molecule has 0 unspecified atom stereocenters. The maximum atomic E-state index is 12.4. The zero-order valence-electron chi connectivity index (χ0n) is 11.8. The van der Waals surface area contributed by atoms with Crippen molar-refractivity contribution < 1.29 is 19.5 Å². The van der Waals surface area contributed by atoms with Gasteiger partial charge in [-0.25, -0.2) is 0 Å². The van der Waals surface area contributed by atoms with Gasteiger partial charge in [0.05, 0.1) is 6.42 Å². The largest absolute Gasteiger partial charge is 0.481 e. The second-order valence-corrected chi connectivity index (χ2v) is 5.28. The molecule has 0 bridgehead atoms. The fourth-order valence-electron chi connectivity index (χ4n) is 2.34. The van der Waals surface area contributed by atoms with E-state index in [2.05, 4.69) is 0 Å². The van der Waals surface area contributed by atoms with Gasteiger partial charge in [-0.1, -0.05) is 13.8 Å². The van der Waals surface area contributed by atoms with E-state index >= 15 is 0 Å². The third kappa shape index (κ3) is 3.94. The molecule has 1 aliphatic rings. The summed E-state index contributed by atoms with van der Waals surface area (Å²) in [5.41, 5.74) is 0. The summed E-state index contributed by atoms with van der Waals surface area (Å²) in [5, 5.41) is 8.64. The number of rotatable bonds is 6. The number of likely N-dealkylation sites (N-methyl/N-ethyl adjacent to an activating group) is 1. The summed E-state index contributed by atoms with van der Waals surface area (Å²) in [4.78, 5) is 37.7. The molecule has 1 aliphatic heterocycles. The first-order chi connectivity index (χ1) is 8.84. The SMILES string of the molecule is CC(C)[C@H](C(=O)N(C)CCC(=O)O)N1CCCC1=O. The Labute approximate surface area is 113 Å². The summed E-state index contributed by atoms with van der Waals surface area (Å²) in [6, 6.07) is -0.478. The minimum atomic E-state index is -0.932. The lowest BCUT2D eigenvalue weighted by molar-refractivity contribution is -0.145. The van der Waals surface area contributed by atoms with Crippen molar-refractivity contribution >= 4 is 17.8 Å². The van der Waals surface area contributed by atoms with E-state index in [9.17, 15) is 14.4 Å². The number of carboxylic acid groups (broad SMARTS) is 1. The van der Waals surface area contributed by atoms with Crippen LogP contribution in [-0.4, -0.2) is 58.9 Å². The molecular weight excluding hydrogens is 248 g/mol. The summed E-state index contributed by atoms with van der Waals surface area (Å²) < 4.78 is 0. The minimum Gasteiger partial charge on any atom is -0.481 e. The van der Waals surface area contributed by atoms with Gasteiger partial charge in [0.2, 0.25) is 11.8 Å². The summed E-state index contributed by atoms with van der Waals surface area (Å²) in [6.07, 6.45) is 1.20. The van der Waals surface area contributed by atoms with Crippen molar-refractivity contribution in [3.63, 3.8) is 0 Å². The monoisotopic (exact) mass is 270 g/mol. The predicted molar refractivity (Wildman–Crippen MR) is 69.5 cm³/mol. The van der Waals surface area contributed by atoms with Crippen LogP contribution in [0.3, 0.4) is 0 Å². The molecule has 2 amide bonds. The lowest BCUT2D eigenvalue weighted by Gasteiger charge is -2.33. The molecule has 1 heterocycles. The Hall–Kier alpha value is -1.59. The fraction of sp³-hybridized carbons (Fsp3) is 0.769. The van der Waals surface area contributed by atoms with E-state index in [4.69, 9.17) is 5.11 Å². The van der Waals surface area contributed by atoms with Gasteiger partial charge in [-0.05, 0) is 12.3 Å². The Morgan fingerprint density at radius 1 is 1.42 bits per heavy atom. The van der Waals surface area contributed by atoms with Crippen molar-refractivity contribution in [2.24, 2.45) is 5.92 Å². The molecule has 1 saturated heterocycles. The maximum Gasteiger partial charge on any atom is 0.305 e. The second-order valence-electron chi connectivity index (χ2n) is 5.28. The third-order valence-electron chi connectivity index (χ3n) is 3.37. The molecule has 0 spiro atoms. The molecule has 19 heavy (non-hydrogen) atoms. The quantitative estimate of drug-likeness (QED) is 0.765. The van der Waals surface area contributed by atoms with E-state index in [-0.39, 0.29) is 30.7 Å². The number of aliphatic carboxylic acids is 1. The molecule has 1 atom stereocenters. The summed E-state index contributed by atoms with van der Waals surface area (Å²) in [7, 11) is 1.58. The molecule has 0 aliphatic carbocycles. The van der Waals surface area contributed by atoms with E-state index in [0.29, 0.717) is 13.0 Å². The van der Waals surface area contributed by atoms with E-state index in [1.165, 1.54) is 4.90 Å². The minimum absolute atomic E-state index is 0.0127. The van der Waals surface area contributed by atoms with Gasteiger partial charge in [-0.2, -0.15) is 0 Å². The number of nitrogens with zero attached hydrogens (tertiary/aromatic N) is 2. The molecule has 0 aromatic heterocycles. The van der Waals surface area contributed by atoms with Crippen LogP contribution in [0.25, 0.3) is 0 Å². The molecule has 1 rings (SSSR count). The molecule has 6 heteroatoms. The average molecular weight is 270 g/mol. The average Bonchev–Trinajstić information content (AvgIpc) is 2.72. The highest BCUT2D eigenvalue weighted by Gasteiger charge is 2.36. The van der Waals surface area contributed by atoms with Crippen LogP contribution in [0.5, 0.6) is 0 Å². The molecule has 0 aromatic carbocycles. The van der Waals surface area contributed by atoms with Crippen molar-refractivity contribution in [2.75, 3.05) is 20.1 Å². The number of amides is 2. The molecule has 0 saturated carbocycles. The Balaban J connectivity index is 2.72. The predicted octanol–water partition coefficient (Wildman–Crippen LogP) is 0.566. The van der Waals surface area contributed by atoms with Crippen molar-refractivity contribution in [1.82, 2.24) is 9.80 Å². The Morgan fingerprint density at radius 2 is 2.05 bits per heavy atom. The number of hydrogen-bond donors (Lipinski definition) is 1. The number of carbonyl (C=O) groups is 3. The smallest absolute Gasteiger partial charge is 0.305 e. The van der Waals surface area contributed by atoms with E-state index in [1.54, 1.807) is 11.9 Å². The van der Waals surface area contributed by atoms with Crippen LogP contribution < -0.4 is 0 Å². The zero-order chi connectivity index (χ0) is 14.6. The lowest BCUT2D eigenvalue weighted by atomic mass is 10.0. The van der Waals surface area contributed by atoms with Gasteiger partial charge in [0, 0.05) is 26.6 Å². The van der Waals surface area contributed by atoms with Gasteiger partial charge in [0.15, 0.2) is 0 Å². The van der Waals surface area contributed by atoms with Crippen LogP contribution in [0.1, 0.15) is 33.1 Å². The first-order valence-corrected chi connectivity index (χ1v) is 6.60. The molecule has 0 radical (unpaired) electrons. The van der Waals surface area contributed by atoms with Crippen LogP contribution >= 0.6 is 0 Å². The van der Waals surface area contributed by atoms with Gasteiger partial charge in [-0.3, -0.25) is 14.4 Å². The summed E-state index contributed by atoms with van der Waals surface area (Å²) in [5.74, 6) is -1.08. The van der Waals surface area contributed by atoms with Crippen molar-refractivity contribution in [3.05, 3.63) is 0 Å². The third-order valence-corrected chi connectivity index (χ3v) is 3.37. The molecule has 6 nitrogen and oxygen atoms in total. The number of carboxylic acids is 1. The van der Waals surface area contributed by atoms with Crippen molar-refractivity contribution in [3.8, 4) is 0 Å². The summed E-state index contributed by atoms with van der Waals surface area (Å²) >= 11 is 0. The van der Waals surface area contributed by atoms with Crippen LogP contribution in [0, 0.1) is 5.92 Å². The number of carbonyl (C=O) groups excluding carboxylic acids is 2. The maximum absolute atomic E-state index is 12.4. The highest BCUT2D eigenvalue weighted by molar-refractivity contribution is 5.88. The van der Waals surface area contributed by atoms with E-state index < -0.39 is 12.0 Å². The standard InChI is InChI=1S/C13H22N2O4/c1-9(2)12(15-7-4-5-10(15)16)13(19)14(3)8-6-11(17)18/h9,12H,4-8H2,1-3H3,(H,17,18)/t12-/m1/s1. The topological polar surface area (TPSA) is 77.9 Å². The Kier molecular flexibility index (Phi) is 5.32. The normalized spacial score (nSPS) is 16.8. The highest BCUT2D eigenvalue weighted by Crippen LogP contribution is 2.20. The van der Waals surface area contributed by atoms with Crippen molar-refractivity contribution in [2.45, 2.75) is 39.2 Å². The van der Waals surface area contributed by atoms with E-state index in [1.807, 2.05) is 13.8 Å². The second kappa shape index (κ2) is 6.54. The van der Waals surface area contributed by atoms with Gasteiger partial charge in [-0.15, -0.1) is 0 Å². The van der Waals surface area contributed by atoms with Crippen molar-refractivity contribution in [1.29, 1.82) is 0 Å². The van der Waals surface area contributed by atoms with E-state index in [0.717, 1.165) is 6.42 Å². The zero-order valence-corrected chi connectivity index (χ0v) is 11.8. The first kappa shape index (κ1) is 15.5. The Bertz CT molecular complexity index is 368. The highest BCUT2D eigenvalue weighted by atomic mass is 16.4. The molecule has 1 N–H and O–H groups in total. The molecule has 0 aromatic rings. The number of likely N-dealkylation sites (tertiary alicyclic amines) is 1. The van der Waals surface area contributed by atoms with Gasteiger partial charge >= 0.3 is 5.97 Å². The fourth-order valence-corrected chi connectivity index (χ4v) is 2.34. The summed E-state index contributed by atoms with van der Waals surface area (Å²) in [6.45, 7) is 4.58. The first-order valence-electron chi connectivity index (χ1n) is 6.60. The molecule has 108 valence electrons. The van der Waals surface area contributed by atoms with Gasteiger partial charge in [0.1, 0.15) is 6.04 Å². The Morgan fingerprint density at radius 3 is 2.47 bits per heavy atom. The van der Waals surface area contributed by atoms with Crippen LogP contribution in [0.2, 0.25) is 0 Å². The molecule has 1 fully saturated rings. The van der Waals surface area contributed by atoms with Crippen LogP contribution in [-0.2, 0) is 14.4 Å². The lowest BCUT2D eigenvalue weighted by Crippen LogP contribution is -2.51. The molecular formula is C13H22N2O4. The van der Waals surface area contributed by atoms with Crippen LogP contribution in [0.4, 0.5) is 0 Å². The number of hydrogen-bond acceptors (Lipinski definition) is 3. The van der Waals surface area contributed by atoms with Gasteiger partial charge < -0.3 is 14.9 Å². The van der Waals surface area contributed by atoms with Crippen LogP contribution in [0.15, 0.2) is 0 Å².